The summed E-state index contributed by atoms with van der Waals surface area (Å²) < 4.78 is 0. The van der Waals surface area contributed by atoms with Crippen molar-refractivity contribution < 1.29 is 4.79 Å². The van der Waals surface area contributed by atoms with Gasteiger partial charge in [0.05, 0.1) is 5.70 Å². The maximum atomic E-state index is 12.8. The number of benzene rings is 1. The molecule has 0 aliphatic carbocycles. The molecule has 0 amide bonds. The van der Waals surface area contributed by atoms with Crippen LogP contribution in [0.15, 0.2) is 89.5 Å². The van der Waals surface area contributed by atoms with Crippen LogP contribution in [0.4, 0.5) is 0 Å². The third-order valence-electron chi connectivity index (χ3n) is 8.46. The van der Waals surface area contributed by atoms with E-state index in [1.165, 1.54) is 16.8 Å². The number of Topliss-reactive ketones (excluding diaryl/α,β-unsaturated/α-hetero) is 1. The molecular formula is C38H53N5O. The lowest BCUT2D eigenvalue weighted by atomic mass is 10.0. The first-order valence-electron chi connectivity index (χ1n) is 16.0. The van der Waals surface area contributed by atoms with Crippen LogP contribution in [0, 0.1) is 11.8 Å². The Morgan fingerprint density at radius 2 is 1.82 bits per heavy atom. The van der Waals surface area contributed by atoms with E-state index >= 15 is 0 Å². The monoisotopic (exact) mass is 595 g/mol. The molecule has 3 rings (SSSR count). The van der Waals surface area contributed by atoms with Gasteiger partial charge in [-0.15, -0.1) is 5.92 Å². The summed E-state index contributed by atoms with van der Waals surface area (Å²) in [4.78, 5) is 17.5. The van der Waals surface area contributed by atoms with Crippen LogP contribution in [-0.2, 0) is 11.2 Å². The van der Waals surface area contributed by atoms with Crippen molar-refractivity contribution in [2.45, 2.75) is 66.3 Å². The molecule has 1 aromatic carbocycles. The topological polar surface area (TPSA) is 59.6 Å². The molecule has 2 saturated heterocycles. The van der Waals surface area contributed by atoms with Crippen molar-refractivity contribution in [1.29, 1.82) is 0 Å². The molecule has 236 valence electrons. The lowest BCUT2D eigenvalue weighted by Crippen LogP contribution is -2.55. The first-order valence-corrected chi connectivity index (χ1v) is 16.0. The summed E-state index contributed by atoms with van der Waals surface area (Å²) in [6.45, 7) is 20.2. The third-order valence-corrected chi connectivity index (χ3v) is 8.46. The van der Waals surface area contributed by atoms with E-state index in [0.717, 1.165) is 80.3 Å². The zero-order chi connectivity index (χ0) is 31.9. The maximum absolute atomic E-state index is 12.8. The van der Waals surface area contributed by atoms with Gasteiger partial charge in [0.25, 0.3) is 0 Å². The number of ketones is 1. The molecule has 1 aromatic rings. The normalized spacial score (nSPS) is 17.4. The van der Waals surface area contributed by atoms with E-state index < -0.39 is 0 Å². The molecule has 0 saturated carbocycles. The van der Waals surface area contributed by atoms with Crippen LogP contribution >= 0.6 is 0 Å². The molecule has 2 aliphatic rings. The predicted molar refractivity (Wildman–Crippen MR) is 187 cm³/mol. The van der Waals surface area contributed by atoms with E-state index in [1.54, 1.807) is 0 Å². The number of hydrogen-bond acceptors (Lipinski definition) is 6. The van der Waals surface area contributed by atoms with Gasteiger partial charge in [-0.25, -0.2) is 0 Å². The number of aryl methyl sites for hydroxylation is 1. The minimum atomic E-state index is 0.291. The Hall–Kier alpha value is -3.79. The van der Waals surface area contributed by atoms with Gasteiger partial charge < -0.3 is 25.8 Å². The summed E-state index contributed by atoms with van der Waals surface area (Å²) in [5.74, 6) is 6.44. The molecule has 6 heteroatoms. The molecule has 0 bridgehead atoms. The second-order valence-corrected chi connectivity index (χ2v) is 11.7. The van der Waals surface area contributed by atoms with Crippen LogP contribution in [-0.4, -0.2) is 67.9 Å². The SMILES string of the molecule is C=C/C=C(\C=C(/C)CC(=O)CCCc1ccc(/C(=C/C)NC(=C/C#CC)/C(C)=C(\C)N2CCNCC2)cc1)N1CC(NC)C1. The highest BCUT2D eigenvalue weighted by molar-refractivity contribution is 5.80. The van der Waals surface area contributed by atoms with Crippen LogP contribution in [0.3, 0.4) is 0 Å². The van der Waals surface area contributed by atoms with E-state index in [4.69, 9.17) is 0 Å². The molecule has 0 spiro atoms. The summed E-state index contributed by atoms with van der Waals surface area (Å²) in [6.07, 6.45) is 12.9. The summed E-state index contributed by atoms with van der Waals surface area (Å²) in [5, 5.41) is 10.4. The van der Waals surface area contributed by atoms with Crippen molar-refractivity contribution in [3.63, 3.8) is 0 Å². The number of rotatable bonds is 15. The first-order chi connectivity index (χ1) is 21.3. The molecular weight excluding hydrogens is 542 g/mol. The standard InChI is InChI=1S/C38H53N5O/c1-8-11-16-38(30(5)31(6)42-23-21-40-22-24-42)41-37(10-3)33-19-17-32(18-20-33)14-12-15-36(44)26-29(4)25-35(13-9-2)43-27-34(28-43)39-7/h9-10,13,16-20,25,34,39-41H,2,12,14-15,21-24,26-28H2,1,3-7H3/b29-25+,31-30+,35-13+,37-10-,38-16+. The summed E-state index contributed by atoms with van der Waals surface area (Å²) in [6, 6.07) is 9.22. The van der Waals surface area contributed by atoms with Crippen LogP contribution in [0.25, 0.3) is 5.70 Å². The smallest absolute Gasteiger partial charge is 0.136 e. The predicted octanol–water partition coefficient (Wildman–Crippen LogP) is 5.95. The number of nitrogens with zero attached hydrogens (tertiary/aromatic N) is 2. The fraction of sp³-hybridized carbons (Fsp3) is 0.447. The molecule has 2 aliphatic heterocycles. The van der Waals surface area contributed by atoms with Gasteiger partial charge in [0, 0.05) is 81.3 Å². The van der Waals surface area contributed by atoms with Crippen molar-refractivity contribution >= 4 is 11.5 Å². The van der Waals surface area contributed by atoms with Gasteiger partial charge in [0.1, 0.15) is 5.78 Å². The number of carbonyl (C=O) groups is 1. The zero-order valence-corrected chi connectivity index (χ0v) is 27.9. The highest BCUT2D eigenvalue weighted by Crippen LogP contribution is 2.22. The van der Waals surface area contributed by atoms with Crippen LogP contribution in [0.1, 0.15) is 65.0 Å². The molecule has 0 unspecified atom stereocenters. The molecule has 6 nitrogen and oxygen atoms in total. The van der Waals surface area contributed by atoms with E-state index in [1.807, 2.05) is 32.2 Å². The number of hydrogen-bond donors (Lipinski definition) is 3. The molecule has 3 N–H and O–H groups in total. The largest absolute Gasteiger partial charge is 0.372 e. The Balaban J connectivity index is 1.55. The second-order valence-electron chi connectivity index (χ2n) is 11.7. The Labute approximate surface area is 266 Å². The average molecular weight is 596 g/mol. The maximum Gasteiger partial charge on any atom is 0.136 e. The van der Waals surface area contributed by atoms with Gasteiger partial charge in [0.15, 0.2) is 0 Å². The van der Waals surface area contributed by atoms with E-state index in [2.05, 4.69) is 108 Å². The summed E-state index contributed by atoms with van der Waals surface area (Å²) >= 11 is 0. The van der Waals surface area contributed by atoms with Gasteiger partial charge in [-0.1, -0.05) is 54.5 Å². The Bertz CT molecular complexity index is 1340. The molecule has 0 atom stereocenters. The van der Waals surface area contributed by atoms with Crippen LogP contribution in [0.5, 0.6) is 0 Å². The Morgan fingerprint density at radius 3 is 2.43 bits per heavy atom. The second kappa shape index (κ2) is 18.1. The van der Waals surface area contributed by atoms with Gasteiger partial charge in [0.2, 0.25) is 0 Å². The zero-order valence-electron chi connectivity index (χ0n) is 27.9. The molecule has 0 radical (unpaired) electrons. The molecule has 0 aromatic heterocycles. The molecule has 2 heterocycles. The number of likely N-dealkylation sites (N-methyl/N-ethyl adjacent to an activating group) is 1. The third kappa shape index (κ3) is 10.4. The van der Waals surface area contributed by atoms with E-state index in [-0.39, 0.29) is 0 Å². The van der Waals surface area contributed by atoms with Gasteiger partial charge in [-0.3, -0.25) is 4.79 Å². The summed E-state index contributed by atoms with van der Waals surface area (Å²) in [5.41, 5.74) is 9.16. The van der Waals surface area contributed by atoms with Crippen molar-refractivity contribution in [2.24, 2.45) is 0 Å². The number of nitrogens with one attached hydrogen (secondary N) is 3. The quantitative estimate of drug-likeness (QED) is 0.172. The fourth-order valence-electron chi connectivity index (χ4n) is 5.55. The minimum Gasteiger partial charge on any atom is -0.372 e. The number of carbonyl (C=O) groups excluding carboxylic acids is 1. The first kappa shape index (κ1) is 34.7. The van der Waals surface area contributed by atoms with Crippen LogP contribution < -0.4 is 16.0 Å². The Morgan fingerprint density at radius 1 is 1.11 bits per heavy atom. The van der Waals surface area contributed by atoms with Crippen LogP contribution in [0.2, 0.25) is 0 Å². The minimum absolute atomic E-state index is 0.291. The Kier molecular flexibility index (Phi) is 14.3. The van der Waals surface area contributed by atoms with Crippen molar-refractivity contribution in [2.75, 3.05) is 46.3 Å². The lowest BCUT2D eigenvalue weighted by molar-refractivity contribution is -0.118. The van der Waals surface area contributed by atoms with Crippen molar-refractivity contribution in [3.05, 3.63) is 101 Å². The highest BCUT2D eigenvalue weighted by Gasteiger charge is 2.25. The van der Waals surface area contributed by atoms with Crippen molar-refractivity contribution in [3.8, 4) is 11.8 Å². The number of piperazine rings is 1. The molecule has 2 fully saturated rings. The lowest BCUT2D eigenvalue weighted by Gasteiger charge is -2.41. The van der Waals surface area contributed by atoms with E-state index in [9.17, 15) is 4.79 Å². The van der Waals surface area contributed by atoms with E-state index in [0.29, 0.717) is 24.7 Å². The van der Waals surface area contributed by atoms with Crippen molar-refractivity contribution in [1.82, 2.24) is 25.8 Å². The fourth-order valence-corrected chi connectivity index (χ4v) is 5.55. The number of allylic oxidation sites excluding steroid dienone is 8. The van der Waals surface area contributed by atoms with Gasteiger partial charge in [-0.05, 0) is 83.4 Å². The average Bonchev–Trinajstić information content (AvgIpc) is 3.01. The highest BCUT2D eigenvalue weighted by atomic mass is 16.1. The number of likely N-dealkylation sites (tertiary alicyclic amines) is 1. The van der Waals surface area contributed by atoms with Gasteiger partial charge >= 0.3 is 0 Å². The molecule has 44 heavy (non-hydrogen) atoms. The van der Waals surface area contributed by atoms with Gasteiger partial charge in [-0.2, -0.15) is 0 Å². The summed E-state index contributed by atoms with van der Waals surface area (Å²) in [7, 11) is 2.00.